The van der Waals surface area contributed by atoms with Crippen LogP contribution in [0.1, 0.15) is 23.1 Å². The van der Waals surface area contributed by atoms with Gasteiger partial charge in [0, 0.05) is 31.9 Å². The number of pyridine rings is 1. The number of halogens is 1. The number of aliphatic imine (C=N–C) groups is 1. The lowest BCUT2D eigenvalue weighted by Gasteiger charge is -2.26. The maximum absolute atomic E-state index is 5.99. The van der Waals surface area contributed by atoms with Crippen LogP contribution in [0.25, 0.3) is 0 Å². The van der Waals surface area contributed by atoms with E-state index in [1.807, 2.05) is 30.3 Å². The van der Waals surface area contributed by atoms with E-state index in [4.69, 9.17) is 15.2 Å². The molecule has 1 fully saturated rings. The first-order valence-electron chi connectivity index (χ1n) is 10.1. The summed E-state index contributed by atoms with van der Waals surface area (Å²) in [6.45, 7) is 10.2. The Hall–Kier alpha value is -1.91. The van der Waals surface area contributed by atoms with Crippen molar-refractivity contribution in [2.75, 3.05) is 39.4 Å². The van der Waals surface area contributed by atoms with Gasteiger partial charge in [-0.1, -0.05) is 6.07 Å². The van der Waals surface area contributed by atoms with Crippen molar-refractivity contribution in [3.05, 3.63) is 53.2 Å². The van der Waals surface area contributed by atoms with Crippen LogP contribution in [0.5, 0.6) is 11.6 Å². The smallest absolute Gasteiger partial charge is 0.219 e. The molecule has 3 rings (SSSR count). The zero-order valence-corrected chi connectivity index (χ0v) is 20.1. The summed E-state index contributed by atoms with van der Waals surface area (Å²) in [5.74, 6) is 1.79. The van der Waals surface area contributed by atoms with Crippen LogP contribution in [-0.2, 0) is 11.3 Å². The van der Waals surface area contributed by atoms with Crippen molar-refractivity contribution in [3.8, 4) is 11.6 Å². The third kappa shape index (κ3) is 8.08. The van der Waals surface area contributed by atoms with Gasteiger partial charge in [0.2, 0.25) is 5.88 Å². The summed E-state index contributed by atoms with van der Waals surface area (Å²) < 4.78 is 11.2. The average molecular weight is 525 g/mol. The highest BCUT2D eigenvalue weighted by molar-refractivity contribution is 14.0. The maximum Gasteiger partial charge on any atom is 0.219 e. The molecule has 0 unspecified atom stereocenters. The van der Waals surface area contributed by atoms with Crippen LogP contribution >= 0.6 is 24.0 Å². The Balaban J connectivity index is 0.00000320. The topological polar surface area (TPSA) is 85.0 Å². The molecule has 8 heteroatoms. The lowest BCUT2D eigenvalue weighted by molar-refractivity contribution is 0.0376. The molecular weight excluding hydrogens is 493 g/mol. The normalized spacial score (nSPS) is 14.8. The molecule has 30 heavy (non-hydrogen) atoms. The van der Waals surface area contributed by atoms with Gasteiger partial charge in [-0.25, -0.2) is 9.98 Å². The largest absolute Gasteiger partial charge is 0.439 e. The zero-order valence-electron chi connectivity index (χ0n) is 17.8. The summed E-state index contributed by atoms with van der Waals surface area (Å²) in [4.78, 5) is 11.1. The van der Waals surface area contributed by atoms with Crippen molar-refractivity contribution < 1.29 is 9.47 Å². The summed E-state index contributed by atoms with van der Waals surface area (Å²) in [5.41, 5.74) is 9.42. The van der Waals surface area contributed by atoms with Crippen LogP contribution < -0.4 is 15.8 Å². The Labute approximate surface area is 196 Å². The van der Waals surface area contributed by atoms with E-state index in [2.05, 4.69) is 34.0 Å². The molecule has 2 aromatic rings. The second kappa shape index (κ2) is 12.7. The molecule has 1 saturated heterocycles. The van der Waals surface area contributed by atoms with E-state index in [9.17, 15) is 0 Å². The van der Waals surface area contributed by atoms with Crippen molar-refractivity contribution in [1.82, 2.24) is 15.2 Å². The van der Waals surface area contributed by atoms with E-state index in [1.54, 1.807) is 6.20 Å². The Morgan fingerprint density at radius 1 is 1.20 bits per heavy atom. The van der Waals surface area contributed by atoms with Crippen LogP contribution in [0.15, 0.2) is 41.5 Å². The standard InChI is InChI=1S/C22H31N5O2.HI/c1-17-4-5-20(14-18(17)2)29-21-15-19(6-8-24-21)16-26-22(23)25-7-3-9-27-10-12-28-13-11-27;/h4-6,8,14-15H,3,7,9-13,16H2,1-2H3,(H3,23,25,26);1H. The van der Waals surface area contributed by atoms with E-state index in [-0.39, 0.29) is 24.0 Å². The van der Waals surface area contributed by atoms with E-state index in [1.165, 1.54) is 11.1 Å². The van der Waals surface area contributed by atoms with E-state index in [0.717, 1.165) is 57.1 Å². The molecule has 1 aliphatic rings. The van der Waals surface area contributed by atoms with Gasteiger partial charge in [-0.15, -0.1) is 24.0 Å². The molecule has 0 aliphatic carbocycles. The molecule has 7 nitrogen and oxygen atoms in total. The van der Waals surface area contributed by atoms with Crippen LogP contribution in [0.2, 0.25) is 0 Å². The van der Waals surface area contributed by atoms with Gasteiger partial charge in [-0.2, -0.15) is 0 Å². The lowest BCUT2D eigenvalue weighted by Crippen LogP contribution is -2.39. The van der Waals surface area contributed by atoms with Crippen molar-refractivity contribution in [1.29, 1.82) is 0 Å². The SMILES string of the molecule is Cc1ccc(Oc2cc(CN=C(N)NCCCN3CCOCC3)ccn2)cc1C.I. The highest BCUT2D eigenvalue weighted by atomic mass is 127. The van der Waals surface area contributed by atoms with Gasteiger partial charge in [0.25, 0.3) is 0 Å². The second-order valence-electron chi connectivity index (χ2n) is 7.29. The van der Waals surface area contributed by atoms with E-state index in [0.29, 0.717) is 18.4 Å². The molecule has 164 valence electrons. The number of aromatic nitrogens is 1. The molecule has 0 atom stereocenters. The van der Waals surface area contributed by atoms with Gasteiger partial charge in [0.15, 0.2) is 5.96 Å². The minimum atomic E-state index is 0. The summed E-state index contributed by atoms with van der Waals surface area (Å²) in [6, 6.07) is 9.82. The first-order chi connectivity index (χ1) is 14.1. The highest BCUT2D eigenvalue weighted by Gasteiger charge is 2.09. The first kappa shape index (κ1) is 24.4. The number of hydrogen-bond acceptors (Lipinski definition) is 5. The Morgan fingerprint density at radius 2 is 2.00 bits per heavy atom. The minimum absolute atomic E-state index is 0. The number of nitrogens with zero attached hydrogens (tertiary/aromatic N) is 3. The quantitative estimate of drug-likeness (QED) is 0.238. The maximum atomic E-state index is 5.99. The molecule has 0 bridgehead atoms. The van der Waals surface area contributed by atoms with Crippen LogP contribution in [-0.4, -0.2) is 55.2 Å². The molecule has 0 radical (unpaired) electrons. The zero-order chi connectivity index (χ0) is 20.5. The minimum Gasteiger partial charge on any atom is -0.439 e. The summed E-state index contributed by atoms with van der Waals surface area (Å²) in [5, 5.41) is 3.18. The van der Waals surface area contributed by atoms with Gasteiger partial charge in [0.05, 0.1) is 19.8 Å². The number of ether oxygens (including phenoxy) is 2. The number of morpholine rings is 1. The van der Waals surface area contributed by atoms with Gasteiger partial charge in [-0.05, 0) is 61.7 Å². The fourth-order valence-electron chi connectivity index (χ4n) is 3.08. The molecular formula is C22H32IN5O2. The number of hydrogen-bond donors (Lipinski definition) is 2. The molecule has 2 heterocycles. The van der Waals surface area contributed by atoms with Crippen LogP contribution in [0.3, 0.4) is 0 Å². The van der Waals surface area contributed by atoms with E-state index < -0.39 is 0 Å². The Bertz CT molecular complexity index is 825. The molecule has 0 saturated carbocycles. The molecule has 1 aliphatic heterocycles. The van der Waals surface area contributed by atoms with Crippen molar-refractivity contribution in [2.45, 2.75) is 26.8 Å². The van der Waals surface area contributed by atoms with Crippen LogP contribution in [0, 0.1) is 13.8 Å². The number of nitrogens with two attached hydrogens (primary N) is 1. The Morgan fingerprint density at radius 3 is 2.77 bits per heavy atom. The van der Waals surface area contributed by atoms with Crippen molar-refractivity contribution >= 4 is 29.9 Å². The number of rotatable bonds is 8. The molecule has 0 amide bonds. The molecule has 1 aromatic carbocycles. The lowest BCUT2D eigenvalue weighted by atomic mass is 10.1. The third-order valence-corrected chi connectivity index (χ3v) is 4.99. The van der Waals surface area contributed by atoms with Gasteiger partial charge in [-0.3, -0.25) is 4.90 Å². The number of aryl methyl sites for hydroxylation is 2. The van der Waals surface area contributed by atoms with E-state index >= 15 is 0 Å². The van der Waals surface area contributed by atoms with Gasteiger partial charge >= 0.3 is 0 Å². The van der Waals surface area contributed by atoms with Crippen molar-refractivity contribution in [3.63, 3.8) is 0 Å². The average Bonchev–Trinajstić information content (AvgIpc) is 2.73. The first-order valence-corrected chi connectivity index (χ1v) is 10.1. The fourth-order valence-corrected chi connectivity index (χ4v) is 3.08. The molecule has 3 N–H and O–H groups in total. The predicted octanol–water partition coefficient (Wildman–Crippen LogP) is 3.24. The summed E-state index contributed by atoms with van der Waals surface area (Å²) in [7, 11) is 0. The molecule has 0 spiro atoms. The molecule has 1 aromatic heterocycles. The van der Waals surface area contributed by atoms with Crippen molar-refractivity contribution in [2.24, 2.45) is 10.7 Å². The fraction of sp³-hybridized carbons (Fsp3) is 0.455. The monoisotopic (exact) mass is 525 g/mol. The van der Waals surface area contributed by atoms with Crippen LogP contribution in [0.4, 0.5) is 0 Å². The van der Waals surface area contributed by atoms with Gasteiger partial charge in [0.1, 0.15) is 5.75 Å². The number of benzene rings is 1. The highest BCUT2D eigenvalue weighted by Crippen LogP contribution is 2.22. The summed E-state index contributed by atoms with van der Waals surface area (Å²) in [6.07, 6.45) is 2.76. The third-order valence-electron chi connectivity index (χ3n) is 4.99. The summed E-state index contributed by atoms with van der Waals surface area (Å²) >= 11 is 0. The Kier molecular flexibility index (Phi) is 10.3. The predicted molar refractivity (Wildman–Crippen MR) is 131 cm³/mol. The number of nitrogens with one attached hydrogen (secondary N) is 1. The van der Waals surface area contributed by atoms with Gasteiger partial charge < -0.3 is 20.5 Å². The second-order valence-corrected chi connectivity index (χ2v) is 7.29. The number of guanidine groups is 1.